The van der Waals surface area contributed by atoms with Crippen LogP contribution >= 0.6 is 11.8 Å². The summed E-state index contributed by atoms with van der Waals surface area (Å²) in [6.45, 7) is 1.50. The topological polar surface area (TPSA) is 57.0 Å². The molecule has 0 radical (unpaired) electrons. The fraction of sp³-hybridized carbons (Fsp3) is 0.550. The van der Waals surface area contributed by atoms with Gasteiger partial charge in [0.2, 0.25) is 0 Å². The largest absolute Gasteiger partial charge is 0.385 e. The molecule has 2 aromatic rings. The number of ether oxygens (including phenoxy) is 1. The molecule has 6 heteroatoms. The number of rotatable bonds is 9. The lowest BCUT2D eigenvalue weighted by Gasteiger charge is -2.22. The van der Waals surface area contributed by atoms with Crippen molar-refractivity contribution in [3.63, 3.8) is 0 Å². The van der Waals surface area contributed by atoms with Crippen LogP contribution in [0, 0.1) is 0 Å². The quantitative estimate of drug-likeness (QED) is 0.372. The molecule has 0 atom stereocenters. The minimum absolute atomic E-state index is 0.136. The normalized spacial score (nSPS) is 15.3. The van der Waals surface area contributed by atoms with E-state index in [1.54, 1.807) is 13.4 Å². The van der Waals surface area contributed by atoms with E-state index >= 15 is 0 Å². The molecule has 1 aromatic heterocycles. The van der Waals surface area contributed by atoms with Crippen molar-refractivity contribution < 1.29 is 9.53 Å². The van der Waals surface area contributed by atoms with Crippen molar-refractivity contribution in [3.8, 4) is 0 Å². The maximum Gasteiger partial charge on any atom is 0.191 e. The van der Waals surface area contributed by atoms with Gasteiger partial charge < -0.3 is 9.30 Å². The molecule has 1 heterocycles. The van der Waals surface area contributed by atoms with Crippen molar-refractivity contribution in [2.45, 2.75) is 56.1 Å². The Morgan fingerprint density at radius 1 is 1.23 bits per heavy atom. The van der Waals surface area contributed by atoms with Crippen molar-refractivity contribution in [2.24, 2.45) is 0 Å². The van der Waals surface area contributed by atoms with Crippen LogP contribution in [-0.2, 0) is 11.3 Å². The highest BCUT2D eigenvalue weighted by molar-refractivity contribution is 7.99. The molecule has 1 saturated carbocycles. The SMILES string of the molecule is COCCCn1cnnc1SCC(=O)c1ccc(C2CCCCC2)cc1. The second-order valence-electron chi connectivity index (χ2n) is 6.82. The standard InChI is InChI=1S/C20H27N3O2S/c1-25-13-5-12-23-15-21-22-20(23)26-14-19(24)18-10-8-17(9-11-18)16-6-3-2-4-7-16/h8-11,15-16H,2-7,12-14H2,1H3. The second kappa shape index (κ2) is 9.88. The molecule has 0 N–H and O–H groups in total. The van der Waals surface area contributed by atoms with Gasteiger partial charge in [0.25, 0.3) is 0 Å². The number of Topliss-reactive ketones (excluding diaryl/α,β-unsaturated/α-hetero) is 1. The minimum atomic E-state index is 0.136. The van der Waals surface area contributed by atoms with Crippen LogP contribution in [0.5, 0.6) is 0 Å². The summed E-state index contributed by atoms with van der Waals surface area (Å²) in [7, 11) is 1.69. The molecule has 1 fully saturated rings. The Balaban J connectivity index is 1.53. The molecule has 3 rings (SSSR count). The highest BCUT2D eigenvalue weighted by Crippen LogP contribution is 2.32. The predicted octanol–water partition coefficient (Wildman–Crippen LogP) is 4.34. The van der Waals surface area contributed by atoms with Crippen LogP contribution in [0.2, 0.25) is 0 Å². The highest BCUT2D eigenvalue weighted by atomic mass is 32.2. The third-order valence-electron chi connectivity index (χ3n) is 4.97. The fourth-order valence-corrected chi connectivity index (χ4v) is 4.32. The van der Waals surface area contributed by atoms with E-state index in [0.717, 1.165) is 23.7 Å². The Bertz CT molecular complexity index is 693. The van der Waals surface area contributed by atoms with Gasteiger partial charge in [-0.2, -0.15) is 0 Å². The molecular weight excluding hydrogens is 346 g/mol. The van der Waals surface area contributed by atoms with Gasteiger partial charge in [0, 0.05) is 25.8 Å². The van der Waals surface area contributed by atoms with Gasteiger partial charge in [-0.1, -0.05) is 55.3 Å². The molecular formula is C20H27N3O2S. The summed E-state index contributed by atoms with van der Waals surface area (Å²) >= 11 is 1.45. The number of thioether (sulfide) groups is 1. The van der Waals surface area contributed by atoms with Crippen LogP contribution in [-0.4, -0.2) is 40.0 Å². The zero-order chi connectivity index (χ0) is 18.2. The number of hydrogen-bond donors (Lipinski definition) is 0. The molecule has 0 aliphatic heterocycles. The number of aryl methyl sites for hydroxylation is 1. The molecule has 0 bridgehead atoms. The van der Waals surface area contributed by atoms with E-state index in [9.17, 15) is 4.79 Å². The van der Waals surface area contributed by atoms with Gasteiger partial charge in [-0.25, -0.2) is 0 Å². The van der Waals surface area contributed by atoms with E-state index < -0.39 is 0 Å². The van der Waals surface area contributed by atoms with Crippen molar-refractivity contribution in [1.82, 2.24) is 14.8 Å². The smallest absolute Gasteiger partial charge is 0.191 e. The number of carbonyl (C=O) groups excluding carboxylic acids is 1. The molecule has 0 saturated heterocycles. The summed E-state index contributed by atoms with van der Waals surface area (Å²) < 4.78 is 7.05. The number of ketones is 1. The fourth-order valence-electron chi connectivity index (χ4n) is 3.48. The van der Waals surface area contributed by atoms with Gasteiger partial charge in [-0.05, 0) is 30.7 Å². The average Bonchev–Trinajstić information content (AvgIpc) is 3.14. The number of hydrogen-bond acceptors (Lipinski definition) is 5. The number of nitrogens with zero attached hydrogens (tertiary/aromatic N) is 3. The zero-order valence-electron chi connectivity index (χ0n) is 15.4. The number of carbonyl (C=O) groups is 1. The molecule has 0 spiro atoms. The molecule has 26 heavy (non-hydrogen) atoms. The first-order chi connectivity index (χ1) is 12.8. The number of benzene rings is 1. The summed E-state index contributed by atoms with van der Waals surface area (Å²) in [6, 6.07) is 8.24. The first kappa shape index (κ1) is 19.1. The van der Waals surface area contributed by atoms with Gasteiger partial charge >= 0.3 is 0 Å². The van der Waals surface area contributed by atoms with Gasteiger partial charge in [0.1, 0.15) is 6.33 Å². The first-order valence-corrected chi connectivity index (χ1v) is 10.4. The molecule has 0 unspecified atom stereocenters. The van der Waals surface area contributed by atoms with Crippen molar-refractivity contribution in [1.29, 1.82) is 0 Å². The summed E-state index contributed by atoms with van der Waals surface area (Å²) in [5, 5.41) is 8.86. The van der Waals surface area contributed by atoms with Crippen LogP contribution in [0.3, 0.4) is 0 Å². The molecule has 140 valence electrons. The summed E-state index contributed by atoms with van der Waals surface area (Å²) in [6.07, 6.45) is 9.18. The predicted molar refractivity (Wildman–Crippen MR) is 104 cm³/mol. The van der Waals surface area contributed by atoms with Crippen LogP contribution in [0.25, 0.3) is 0 Å². The van der Waals surface area contributed by atoms with Gasteiger partial charge in [-0.3, -0.25) is 4.79 Å². The van der Waals surface area contributed by atoms with E-state index in [4.69, 9.17) is 4.74 Å². The molecule has 1 aliphatic carbocycles. The molecule has 5 nitrogen and oxygen atoms in total. The van der Waals surface area contributed by atoms with Crippen LogP contribution in [0.4, 0.5) is 0 Å². The third-order valence-corrected chi connectivity index (χ3v) is 5.95. The summed E-state index contributed by atoms with van der Waals surface area (Å²) in [5.74, 6) is 1.19. The van der Waals surface area contributed by atoms with E-state index in [1.165, 1.54) is 49.4 Å². The highest BCUT2D eigenvalue weighted by Gasteiger charge is 2.16. The van der Waals surface area contributed by atoms with Crippen LogP contribution in [0.1, 0.15) is 60.4 Å². The first-order valence-electron chi connectivity index (χ1n) is 9.40. The van der Waals surface area contributed by atoms with Gasteiger partial charge in [0.15, 0.2) is 10.9 Å². The minimum Gasteiger partial charge on any atom is -0.385 e. The van der Waals surface area contributed by atoms with Crippen molar-refractivity contribution in [3.05, 3.63) is 41.7 Å². The lowest BCUT2D eigenvalue weighted by molar-refractivity contribution is 0.102. The summed E-state index contributed by atoms with van der Waals surface area (Å²) in [5.41, 5.74) is 2.16. The Morgan fingerprint density at radius 2 is 2.00 bits per heavy atom. The Hall–Kier alpha value is -1.66. The molecule has 1 aromatic carbocycles. The number of methoxy groups -OCH3 is 1. The zero-order valence-corrected chi connectivity index (χ0v) is 16.2. The Labute approximate surface area is 159 Å². The van der Waals surface area contributed by atoms with Crippen LogP contribution in [0.15, 0.2) is 35.7 Å². The van der Waals surface area contributed by atoms with Crippen molar-refractivity contribution in [2.75, 3.05) is 19.5 Å². The maximum absolute atomic E-state index is 12.5. The van der Waals surface area contributed by atoms with E-state index in [0.29, 0.717) is 18.3 Å². The van der Waals surface area contributed by atoms with E-state index in [2.05, 4.69) is 22.3 Å². The third kappa shape index (κ3) is 5.17. The molecule has 1 aliphatic rings. The van der Waals surface area contributed by atoms with Gasteiger partial charge in [-0.15, -0.1) is 10.2 Å². The Morgan fingerprint density at radius 3 is 2.73 bits per heavy atom. The summed E-state index contributed by atoms with van der Waals surface area (Å²) in [4.78, 5) is 12.5. The van der Waals surface area contributed by atoms with Gasteiger partial charge in [0.05, 0.1) is 5.75 Å². The number of aromatic nitrogens is 3. The monoisotopic (exact) mass is 373 g/mol. The van der Waals surface area contributed by atoms with Crippen LogP contribution < -0.4 is 0 Å². The average molecular weight is 374 g/mol. The lowest BCUT2D eigenvalue weighted by atomic mass is 9.84. The maximum atomic E-state index is 12.5. The second-order valence-corrected chi connectivity index (χ2v) is 7.76. The van der Waals surface area contributed by atoms with E-state index in [1.807, 2.05) is 16.7 Å². The van der Waals surface area contributed by atoms with E-state index in [-0.39, 0.29) is 5.78 Å². The lowest BCUT2D eigenvalue weighted by Crippen LogP contribution is -2.07. The van der Waals surface area contributed by atoms with Crippen molar-refractivity contribution >= 4 is 17.5 Å². The molecule has 0 amide bonds. The Kier molecular flexibility index (Phi) is 7.26.